The quantitative estimate of drug-likeness (QED) is 0.834. The Morgan fingerprint density at radius 1 is 1.05 bits per heavy atom. The second-order valence-corrected chi connectivity index (χ2v) is 5.19. The van der Waals surface area contributed by atoms with Crippen LogP contribution in [0.1, 0.15) is 15.9 Å². The molecule has 2 aromatic carbocycles. The van der Waals surface area contributed by atoms with Gasteiger partial charge in [-0.2, -0.15) is 0 Å². The minimum absolute atomic E-state index is 0.280. The van der Waals surface area contributed by atoms with Gasteiger partial charge in [0.05, 0.1) is 0 Å². The van der Waals surface area contributed by atoms with Crippen molar-refractivity contribution in [1.29, 1.82) is 0 Å². The summed E-state index contributed by atoms with van der Waals surface area (Å²) < 4.78 is 0. The molecule has 0 heterocycles. The van der Waals surface area contributed by atoms with E-state index in [0.717, 1.165) is 0 Å². The highest BCUT2D eigenvalue weighted by Crippen LogP contribution is 2.22. The fourth-order valence-corrected chi connectivity index (χ4v) is 2.17. The number of amides is 1. The number of carbonyl (C=O) groups is 2. The van der Waals surface area contributed by atoms with Crippen LogP contribution in [-0.4, -0.2) is 17.0 Å². The summed E-state index contributed by atoms with van der Waals surface area (Å²) in [5.41, 5.74) is 0.520. The van der Waals surface area contributed by atoms with Gasteiger partial charge in [0.15, 0.2) is 0 Å². The molecule has 0 fully saturated rings. The van der Waals surface area contributed by atoms with E-state index in [9.17, 15) is 14.7 Å². The number of hydrogen-bond donors (Lipinski definition) is 2. The Labute approximate surface area is 137 Å². The summed E-state index contributed by atoms with van der Waals surface area (Å²) >= 11 is 11.8. The molecule has 112 valence electrons. The van der Waals surface area contributed by atoms with Crippen LogP contribution in [0.3, 0.4) is 0 Å². The molecule has 0 atom stereocenters. The predicted octanol–water partition coefficient (Wildman–Crippen LogP) is 3.85. The highest BCUT2D eigenvalue weighted by Gasteiger charge is 2.14. The van der Waals surface area contributed by atoms with Crippen molar-refractivity contribution in [2.75, 3.05) is 0 Å². The number of carbonyl (C=O) groups excluding carboxylic acids is 1. The van der Waals surface area contributed by atoms with Crippen molar-refractivity contribution in [2.24, 2.45) is 0 Å². The van der Waals surface area contributed by atoms with Crippen molar-refractivity contribution in [3.05, 3.63) is 75.4 Å². The van der Waals surface area contributed by atoms with Gasteiger partial charge < -0.3 is 10.4 Å². The fraction of sp³-hybridized carbons (Fsp3) is 0. The van der Waals surface area contributed by atoms with Crippen molar-refractivity contribution < 1.29 is 14.7 Å². The zero-order chi connectivity index (χ0) is 16.1. The average molecular weight is 336 g/mol. The molecule has 6 heteroatoms. The van der Waals surface area contributed by atoms with Gasteiger partial charge in [0.2, 0.25) is 0 Å². The van der Waals surface area contributed by atoms with E-state index in [1.807, 2.05) is 0 Å². The van der Waals surface area contributed by atoms with E-state index in [0.29, 0.717) is 21.2 Å². The van der Waals surface area contributed by atoms with Crippen LogP contribution in [0, 0.1) is 0 Å². The Balaban J connectivity index is 2.29. The number of halogens is 2. The molecule has 1 amide bonds. The maximum absolute atomic E-state index is 12.0. The maximum atomic E-state index is 12.0. The fourth-order valence-electron chi connectivity index (χ4n) is 1.71. The number of carboxylic acids is 1. The monoisotopic (exact) mass is 335 g/mol. The Bertz CT molecular complexity index is 742. The molecule has 2 rings (SSSR count). The molecule has 0 aliphatic carbocycles. The summed E-state index contributed by atoms with van der Waals surface area (Å²) in [6.45, 7) is 0. The lowest BCUT2D eigenvalue weighted by atomic mass is 10.1. The van der Waals surface area contributed by atoms with E-state index in [2.05, 4.69) is 5.32 Å². The van der Waals surface area contributed by atoms with Crippen LogP contribution in [0.2, 0.25) is 10.0 Å². The lowest BCUT2D eigenvalue weighted by Gasteiger charge is -2.07. The largest absolute Gasteiger partial charge is 0.477 e. The molecular formula is C16H11Cl2NO3. The summed E-state index contributed by atoms with van der Waals surface area (Å²) in [4.78, 5) is 23.3. The molecule has 0 aliphatic heterocycles. The smallest absolute Gasteiger partial charge is 0.352 e. The number of carboxylic acid groups (broad SMARTS) is 1. The van der Waals surface area contributed by atoms with Crippen LogP contribution in [0.25, 0.3) is 6.08 Å². The Hall–Kier alpha value is -2.30. The summed E-state index contributed by atoms with van der Waals surface area (Å²) in [7, 11) is 0. The summed E-state index contributed by atoms with van der Waals surface area (Å²) in [6.07, 6.45) is 1.28. The molecule has 0 aliphatic rings. The van der Waals surface area contributed by atoms with Crippen molar-refractivity contribution >= 4 is 41.2 Å². The second-order valence-electron chi connectivity index (χ2n) is 4.35. The standard InChI is InChI=1S/C16H11Cl2NO3/c17-12-7-6-11(13(18)9-12)8-14(16(21)22)19-15(20)10-4-2-1-3-5-10/h1-9H,(H,19,20)(H,21,22)/b14-8+. The highest BCUT2D eigenvalue weighted by molar-refractivity contribution is 6.35. The maximum Gasteiger partial charge on any atom is 0.352 e. The predicted molar refractivity (Wildman–Crippen MR) is 86.0 cm³/mol. The topological polar surface area (TPSA) is 66.4 Å². The van der Waals surface area contributed by atoms with Crippen LogP contribution in [0.4, 0.5) is 0 Å². The number of aliphatic carboxylic acids is 1. The van der Waals surface area contributed by atoms with E-state index in [4.69, 9.17) is 23.2 Å². The highest BCUT2D eigenvalue weighted by atomic mass is 35.5. The van der Waals surface area contributed by atoms with Gasteiger partial charge in [0.25, 0.3) is 5.91 Å². The third-order valence-corrected chi connectivity index (χ3v) is 3.34. The number of rotatable bonds is 4. The first-order valence-corrected chi connectivity index (χ1v) is 6.99. The summed E-state index contributed by atoms with van der Waals surface area (Å²) in [5.74, 6) is -1.78. The Morgan fingerprint density at radius 3 is 2.32 bits per heavy atom. The molecular weight excluding hydrogens is 325 g/mol. The van der Waals surface area contributed by atoms with E-state index in [1.165, 1.54) is 12.1 Å². The van der Waals surface area contributed by atoms with Gasteiger partial charge in [0, 0.05) is 15.6 Å². The Morgan fingerprint density at radius 2 is 1.73 bits per heavy atom. The molecule has 4 nitrogen and oxygen atoms in total. The van der Waals surface area contributed by atoms with Gasteiger partial charge in [-0.15, -0.1) is 0 Å². The van der Waals surface area contributed by atoms with Crippen LogP contribution in [-0.2, 0) is 4.79 Å². The second kappa shape index (κ2) is 7.11. The van der Waals surface area contributed by atoms with Gasteiger partial charge in [-0.05, 0) is 35.9 Å². The number of hydrogen-bond acceptors (Lipinski definition) is 2. The van der Waals surface area contributed by atoms with E-state index >= 15 is 0 Å². The normalized spacial score (nSPS) is 11.1. The minimum Gasteiger partial charge on any atom is -0.477 e. The molecule has 0 radical (unpaired) electrons. The first-order chi connectivity index (χ1) is 10.5. The van der Waals surface area contributed by atoms with Gasteiger partial charge in [-0.1, -0.05) is 47.5 Å². The first kappa shape index (κ1) is 16.1. The zero-order valence-electron chi connectivity index (χ0n) is 11.2. The molecule has 0 unspecified atom stereocenters. The van der Waals surface area contributed by atoms with Crippen LogP contribution < -0.4 is 5.32 Å². The van der Waals surface area contributed by atoms with Crippen LogP contribution >= 0.6 is 23.2 Å². The lowest BCUT2D eigenvalue weighted by molar-refractivity contribution is -0.132. The third kappa shape index (κ3) is 4.10. The summed E-state index contributed by atoms with van der Waals surface area (Å²) in [6, 6.07) is 13.0. The lowest BCUT2D eigenvalue weighted by Crippen LogP contribution is -2.27. The van der Waals surface area contributed by atoms with Crippen LogP contribution in [0.15, 0.2) is 54.2 Å². The minimum atomic E-state index is -1.27. The first-order valence-electron chi connectivity index (χ1n) is 6.24. The Kier molecular flexibility index (Phi) is 5.20. The molecule has 22 heavy (non-hydrogen) atoms. The SMILES string of the molecule is O=C(O)/C(=C\c1ccc(Cl)cc1Cl)NC(=O)c1ccccc1. The van der Waals surface area contributed by atoms with Crippen molar-refractivity contribution in [3.63, 3.8) is 0 Å². The zero-order valence-corrected chi connectivity index (χ0v) is 12.7. The van der Waals surface area contributed by atoms with Crippen LogP contribution in [0.5, 0.6) is 0 Å². The van der Waals surface area contributed by atoms with E-state index < -0.39 is 11.9 Å². The van der Waals surface area contributed by atoms with Gasteiger partial charge in [-0.25, -0.2) is 4.79 Å². The van der Waals surface area contributed by atoms with Gasteiger partial charge >= 0.3 is 5.97 Å². The molecule has 0 saturated heterocycles. The third-order valence-electron chi connectivity index (χ3n) is 2.78. The summed E-state index contributed by atoms with van der Waals surface area (Å²) in [5, 5.41) is 12.3. The van der Waals surface area contributed by atoms with E-state index in [-0.39, 0.29) is 5.70 Å². The molecule has 2 N–H and O–H groups in total. The molecule has 0 saturated carbocycles. The van der Waals surface area contributed by atoms with Crippen molar-refractivity contribution in [3.8, 4) is 0 Å². The van der Waals surface area contributed by atoms with E-state index in [1.54, 1.807) is 42.5 Å². The molecule has 0 spiro atoms. The average Bonchev–Trinajstić information content (AvgIpc) is 2.49. The molecule has 2 aromatic rings. The van der Waals surface area contributed by atoms with Gasteiger partial charge in [-0.3, -0.25) is 4.79 Å². The van der Waals surface area contributed by atoms with Crippen molar-refractivity contribution in [2.45, 2.75) is 0 Å². The van der Waals surface area contributed by atoms with Crippen molar-refractivity contribution in [1.82, 2.24) is 5.32 Å². The number of nitrogens with one attached hydrogen (secondary N) is 1. The number of benzene rings is 2. The van der Waals surface area contributed by atoms with Gasteiger partial charge in [0.1, 0.15) is 5.70 Å². The molecule has 0 aromatic heterocycles. The molecule has 0 bridgehead atoms.